The van der Waals surface area contributed by atoms with Gasteiger partial charge in [0, 0.05) is 13.2 Å². The van der Waals surface area contributed by atoms with Crippen LogP contribution in [0.3, 0.4) is 0 Å². The van der Waals surface area contributed by atoms with E-state index in [-0.39, 0.29) is 11.8 Å². The van der Waals surface area contributed by atoms with Crippen LogP contribution in [0.5, 0.6) is 11.6 Å². The summed E-state index contributed by atoms with van der Waals surface area (Å²) in [5.41, 5.74) is 1.94. The van der Waals surface area contributed by atoms with E-state index in [4.69, 9.17) is 26.1 Å². The third-order valence-corrected chi connectivity index (χ3v) is 6.08. The number of carbonyl (C=O) groups excluding carboxylic acids is 1. The number of carbonyl (C=O) groups is 1. The van der Waals surface area contributed by atoms with Crippen molar-refractivity contribution in [3.05, 3.63) is 64.8 Å². The fraction of sp³-hybridized carbons (Fsp3) is 0.190. The average Bonchev–Trinajstić information content (AvgIpc) is 3.37. The number of ether oxygens (including phenoxy) is 2. The number of aromatic nitrogens is 3. The highest BCUT2D eigenvalue weighted by molar-refractivity contribution is 7.23. The molecule has 0 saturated heterocycles. The van der Waals surface area contributed by atoms with E-state index in [1.807, 2.05) is 30.3 Å². The normalized spacial score (nSPS) is 10.9. The third kappa shape index (κ3) is 3.71. The lowest BCUT2D eigenvalue weighted by Crippen LogP contribution is -2.30. The van der Waals surface area contributed by atoms with Gasteiger partial charge in [-0.1, -0.05) is 53.3 Å². The Morgan fingerprint density at radius 3 is 2.63 bits per heavy atom. The van der Waals surface area contributed by atoms with Gasteiger partial charge in [-0.2, -0.15) is 0 Å². The van der Waals surface area contributed by atoms with Gasteiger partial charge in [0.05, 0.1) is 30.5 Å². The third-order valence-electron chi connectivity index (χ3n) is 4.55. The molecule has 0 unspecified atom stereocenters. The van der Waals surface area contributed by atoms with Gasteiger partial charge in [-0.05, 0) is 17.7 Å². The summed E-state index contributed by atoms with van der Waals surface area (Å²) in [5, 5.41) is 5.27. The van der Waals surface area contributed by atoms with E-state index in [0.717, 1.165) is 10.3 Å². The molecule has 154 valence electrons. The first kappa shape index (κ1) is 20.2. The van der Waals surface area contributed by atoms with E-state index in [1.54, 1.807) is 42.1 Å². The molecule has 2 heterocycles. The van der Waals surface area contributed by atoms with E-state index >= 15 is 0 Å². The largest absolute Gasteiger partial charge is 0.494 e. The number of anilines is 1. The summed E-state index contributed by atoms with van der Waals surface area (Å²) in [4.78, 5) is 19.9. The molecule has 1 amide bonds. The van der Waals surface area contributed by atoms with Gasteiger partial charge in [0.25, 0.3) is 5.91 Å². The maximum absolute atomic E-state index is 13.6. The number of hydrogen-bond acceptors (Lipinski definition) is 6. The van der Waals surface area contributed by atoms with Crippen LogP contribution in [0.25, 0.3) is 10.2 Å². The van der Waals surface area contributed by atoms with Gasteiger partial charge in [0.15, 0.2) is 5.13 Å². The first-order chi connectivity index (χ1) is 14.5. The standard InChI is InChI=1S/C21H19ClN4O3S/c1-25-12-14(19(24-25)29-3)20(27)26(11-13-7-5-4-6-8-13)21-23-17-16(28-2)10-9-15(22)18(17)30-21/h4-10,12H,11H2,1-3H3. The van der Waals surface area contributed by atoms with Gasteiger partial charge in [0.1, 0.15) is 16.8 Å². The number of nitrogens with zero attached hydrogens (tertiary/aromatic N) is 4. The van der Waals surface area contributed by atoms with Gasteiger partial charge in [-0.25, -0.2) is 4.98 Å². The van der Waals surface area contributed by atoms with Crippen LogP contribution in [0.15, 0.2) is 48.7 Å². The summed E-state index contributed by atoms with van der Waals surface area (Å²) in [6.07, 6.45) is 1.64. The van der Waals surface area contributed by atoms with Crippen LogP contribution >= 0.6 is 22.9 Å². The van der Waals surface area contributed by atoms with Crippen LogP contribution in [0.1, 0.15) is 15.9 Å². The number of halogens is 1. The summed E-state index contributed by atoms with van der Waals surface area (Å²) in [5.74, 6) is 0.596. The van der Waals surface area contributed by atoms with Crippen molar-refractivity contribution in [3.8, 4) is 11.6 Å². The summed E-state index contributed by atoms with van der Waals surface area (Å²) < 4.78 is 13.0. The highest BCUT2D eigenvalue weighted by atomic mass is 35.5. The minimum Gasteiger partial charge on any atom is -0.494 e. The van der Waals surface area contributed by atoms with Crippen molar-refractivity contribution in [3.63, 3.8) is 0 Å². The summed E-state index contributed by atoms with van der Waals surface area (Å²) in [7, 11) is 4.81. The van der Waals surface area contributed by atoms with Crippen LogP contribution in [0.2, 0.25) is 5.02 Å². The first-order valence-electron chi connectivity index (χ1n) is 9.08. The molecule has 2 aromatic carbocycles. The molecular weight excluding hydrogens is 424 g/mol. The molecule has 0 bridgehead atoms. The summed E-state index contributed by atoms with van der Waals surface area (Å²) in [6.45, 7) is 0.331. The molecular formula is C21H19ClN4O3S. The number of amides is 1. The Balaban J connectivity index is 1.84. The Morgan fingerprint density at radius 1 is 1.17 bits per heavy atom. The quantitative estimate of drug-likeness (QED) is 0.438. The number of fused-ring (bicyclic) bond motifs is 1. The van der Waals surface area contributed by atoms with Gasteiger partial charge < -0.3 is 9.47 Å². The molecule has 4 aromatic rings. The van der Waals surface area contributed by atoms with Crippen LogP contribution in [-0.2, 0) is 13.6 Å². The van der Waals surface area contributed by atoms with Crippen molar-refractivity contribution in [2.45, 2.75) is 6.54 Å². The van der Waals surface area contributed by atoms with Crippen LogP contribution in [0.4, 0.5) is 5.13 Å². The number of hydrogen-bond donors (Lipinski definition) is 0. The molecule has 0 aliphatic carbocycles. The number of benzene rings is 2. The fourth-order valence-electron chi connectivity index (χ4n) is 3.12. The van der Waals surface area contributed by atoms with E-state index in [1.165, 1.54) is 18.4 Å². The molecule has 0 radical (unpaired) electrons. The molecule has 0 aliphatic rings. The van der Waals surface area contributed by atoms with Crippen molar-refractivity contribution in [2.75, 3.05) is 19.1 Å². The van der Waals surface area contributed by atoms with E-state index in [0.29, 0.717) is 33.5 Å². The molecule has 0 spiro atoms. The van der Waals surface area contributed by atoms with Crippen LogP contribution in [-0.4, -0.2) is 34.9 Å². The van der Waals surface area contributed by atoms with E-state index in [9.17, 15) is 4.79 Å². The molecule has 0 aliphatic heterocycles. The predicted molar refractivity (Wildman–Crippen MR) is 118 cm³/mol. The second-order valence-electron chi connectivity index (χ2n) is 6.53. The number of thiazole rings is 1. The smallest absolute Gasteiger partial charge is 0.267 e. The maximum atomic E-state index is 13.6. The molecule has 7 nitrogen and oxygen atoms in total. The highest BCUT2D eigenvalue weighted by Gasteiger charge is 2.27. The molecule has 0 N–H and O–H groups in total. The van der Waals surface area contributed by atoms with Crippen molar-refractivity contribution in [1.29, 1.82) is 0 Å². The Kier molecular flexibility index (Phi) is 5.61. The Hall–Kier alpha value is -3.10. The lowest BCUT2D eigenvalue weighted by molar-refractivity contribution is 0.0982. The second kappa shape index (κ2) is 8.33. The fourth-order valence-corrected chi connectivity index (χ4v) is 4.38. The molecule has 30 heavy (non-hydrogen) atoms. The Bertz CT molecular complexity index is 1210. The first-order valence-corrected chi connectivity index (χ1v) is 10.3. The molecule has 2 aromatic heterocycles. The van der Waals surface area contributed by atoms with Crippen LogP contribution in [0, 0.1) is 0 Å². The molecule has 0 fully saturated rings. The summed E-state index contributed by atoms with van der Waals surface area (Å²) in [6, 6.07) is 13.2. The average molecular weight is 443 g/mol. The zero-order valence-corrected chi connectivity index (χ0v) is 18.2. The number of rotatable bonds is 6. The maximum Gasteiger partial charge on any atom is 0.267 e. The predicted octanol–water partition coefficient (Wildman–Crippen LogP) is 4.55. The van der Waals surface area contributed by atoms with E-state index in [2.05, 4.69) is 5.10 Å². The lowest BCUT2D eigenvalue weighted by atomic mass is 10.2. The van der Waals surface area contributed by atoms with Gasteiger partial charge >= 0.3 is 0 Å². The Morgan fingerprint density at radius 2 is 1.93 bits per heavy atom. The molecule has 0 saturated carbocycles. The number of aryl methyl sites for hydroxylation is 1. The van der Waals surface area contributed by atoms with Gasteiger partial charge in [0.2, 0.25) is 5.88 Å². The summed E-state index contributed by atoms with van der Waals surface area (Å²) >= 11 is 7.73. The SMILES string of the molecule is COc1nn(C)cc1C(=O)N(Cc1ccccc1)c1nc2c(OC)ccc(Cl)c2s1. The number of methoxy groups -OCH3 is 2. The van der Waals surface area contributed by atoms with Crippen molar-refractivity contribution >= 4 is 44.2 Å². The van der Waals surface area contributed by atoms with Crippen molar-refractivity contribution in [2.24, 2.45) is 7.05 Å². The molecule has 9 heteroatoms. The van der Waals surface area contributed by atoms with Crippen LogP contribution < -0.4 is 14.4 Å². The minimum atomic E-state index is -0.266. The van der Waals surface area contributed by atoms with Crippen molar-refractivity contribution < 1.29 is 14.3 Å². The minimum absolute atomic E-state index is 0.261. The Labute approximate surface area is 182 Å². The zero-order chi connectivity index (χ0) is 21.3. The zero-order valence-electron chi connectivity index (χ0n) is 16.6. The van der Waals surface area contributed by atoms with Crippen molar-refractivity contribution in [1.82, 2.24) is 14.8 Å². The molecule has 4 rings (SSSR count). The lowest BCUT2D eigenvalue weighted by Gasteiger charge is -2.19. The van der Waals surface area contributed by atoms with E-state index < -0.39 is 0 Å². The van der Waals surface area contributed by atoms with Gasteiger partial charge in [-0.3, -0.25) is 14.4 Å². The van der Waals surface area contributed by atoms with Gasteiger partial charge in [-0.15, -0.1) is 5.10 Å². The highest BCUT2D eigenvalue weighted by Crippen LogP contribution is 2.39. The molecule has 0 atom stereocenters. The second-order valence-corrected chi connectivity index (χ2v) is 7.91. The topological polar surface area (TPSA) is 69.5 Å². The monoisotopic (exact) mass is 442 g/mol.